The van der Waals surface area contributed by atoms with Crippen LogP contribution in [0.5, 0.6) is 5.75 Å². The molecule has 0 bridgehead atoms. The molecule has 0 unspecified atom stereocenters. The van der Waals surface area contributed by atoms with E-state index in [9.17, 15) is 14.3 Å². The van der Waals surface area contributed by atoms with E-state index in [0.717, 1.165) is 5.56 Å². The van der Waals surface area contributed by atoms with E-state index >= 15 is 0 Å². The molecule has 0 atom stereocenters. The first-order valence-corrected chi connectivity index (χ1v) is 8.25. The molecule has 2 aromatic carbocycles. The number of carboxylic acid groups (broad SMARTS) is 1. The Morgan fingerprint density at radius 1 is 1.31 bits per heavy atom. The summed E-state index contributed by atoms with van der Waals surface area (Å²) in [5, 5.41) is 10.5. The van der Waals surface area contributed by atoms with Gasteiger partial charge >= 0.3 is 5.97 Å². The molecule has 4 nitrogen and oxygen atoms in total. The zero-order chi connectivity index (χ0) is 19.0. The van der Waals surface area contributed by atoms with Crippen molar-refractivity contribution in [3.63, 3.8) is 0 Å². The largest absolute Gasteiger partial charge is 0.494 e. The number of halogens is 2. The Kier molecular flexibility index (Phi) is 4.74. The summed E-state index contributed by atoms with van der Waals surface area (Å²) in [4.78, 5) is 11.3. The number of benzene rings is 2. The third-order valence-corrected chi connectivity index (χ3v) is 4.64. The fourth-order valence-electron chi connectivity index (χ4n) is 3.13. The Bertz CT molecular complexity index is 1020. The number of hydrogen-bond acceptors (Lipinski definition) is 2. The molecule has 1 heterocycles. The zero-order valence-corrected chi connectivity index (χ0v) is 15.1. The predicted octanol–water partition coefficient (Wildman–Crippen LogP) is 4.90. The van der Waals surface area contributed by atoms with Gasteiger partial charge in [-0.1, -0.05) is 30.3 Å². The number of methoxy groups -OCH3 is 1. The van der Waals surface area contributed by atoms with Crippen LogP contribution in [-0.4, -0.2) is 22.8 Å². The van der Waals surface area contributed by atoms with Crippen molar-refractivity contribution in [3.05, 3.63) is 70.6 Å². The molecule has 0 radical (unpaired) electrons. The Morgan fingerprint density at radius 3 is 2.54 bits per heavy atom. The second kappa shape index (κ2) is 6.84. The minimum atomic E-state index is -0.965. The van der Waals surface area contributed by atoms with Crippen LogP contribution >= 0.6 is 11.6 Å². The summed E-state index contributed by atoms with van der Waals surface area (Å²) in [6, 6.07) is 9.98. The van der Waals surface area contributed by atoms with E-state index < -0.39 is 11.8 Å². The van der Waals surface area contributed by atoms with Crippen molar-refractivity contribution in [1.82, 2.24) is 4.57 Å². The highest BCUT2D eigenvalue weighted by atomic mass is 35.5. The predicted molar refractivity (Wildman–Crippen MR) is 100 cm³/mol. The second-order valence-electron chi connectivity index (χ2n) is 5.93. The molecule has 0 aliphatic heterocycles. The van der Waals surface area contributed by atoms with Crippen molar-refractivity contribution in [2.24, 2.45) is 0 Å². The number of ether oxygens (including phenoxy) is 1. The van der Waals surface area contributed by atoms with Gasteiger partial charge in [0.25, 0.3) is 0 Å². The van der Waals surface area contributed by atoms with Crippen molar-refractivity contribution in [1.29, 1.82) is 0 Å². The summed E-state index contributed by atoms with van der Waals surface area (Å²) in [5.41, 5.74) is 3.23. The first-order valence-electron chi connectivity index (χ1n) is 7.88. The van der Waals surface area contributed by atoms with Crippen LogP contribution in [0.4, 0.5) is 4.39 Å². The molecular formula is C20H17ClFNO3. The third-order valence-electron chi connectivity index (χ3n) is 4.38. The molecular weight excluding hydrogens is 357 g/mol. The van der Waals surface area contributed by atoms with Gasteiger partial charge in [0.2, 0.25) is 0 Å². The number of aliphatic carboxylic acids is 1. The van der Waals surface area contributed by atoms with Gasteiger partial charge in [-0.15, -0.1) is 0 Å². The molecule has 0 saturated heterocycles. The van der Waals surface area contributed by atoms with Crippen molar-refractivity contribution in [2.75, 3.05) is 7.11 Å². The summed E-state index contributed by atoms with van der Waals surface area (Å²) in [6.45, 7) is 5.91. The van der Waals surface area contributed by atoms with Crippen LogP contribution < -0.4 is 4.74 Å². The van der Waals surface area contributed by atoms with Gasteiger partial charge in [0, 0.05) is 27.9 Å². The molecule has 6 heteroatoms. The molecule has 1 aromatic heterocycles. The monoisotopic (exact) mass is 373 g/mol. The van der Waals surface area contributed by atoms with Gasteiger partial charge in [0.05, 0.1) is 19.0 Å². The number of carboxylic acids is 1. The topological polar surface area (TPSA) is 51.5 Å². The first kappa shape index (κ1) is 18.0. The van der Waals surface area contributed by atoms with E-state index in [1.807, 2.05) is 12.1 Å². The van der Waals surface area contributed by atoms with Crippen LogP contribution in [0.3, 0.4) is 0 Å². The smallest absolute Gasteiger partial charge is 0.307 e. The van der Waals surface area contributed by atoms with Crippen LogP contribution in [0, 0.1) is 12.7 Å². The van der Waals surface area contributed by atoms with Crippen LogP contribution in [0.25, 0.3) is 16.6 Å². The lowest BCUT2D eigenvalue weighted by Crippen LogP contribution is -2.04. The molecule has 3 aromatic rings. The van der Waals surface area contributed by atoms with Crippen LogP contribution in [0.1, 0.15) is 16.8 Å². The normalized spacial score (nSPS) is 10.9. The highest BCUT2D eigenvalue weighted by molar-refractivity contribution is 6.30. The molecule has 0 aliphatic carbocycles. The van der Waals surface area contributed by atoms with E-state index in [0.29, 0.717) is 32.9 Å². The Hall–Kier alpha value is -2.79. The van der Waals surface area contributed by atoms with Gasteiger partial charge in [-0.2, -0.15) is 0 Å². The molecule has 26 heavy (non-hydrogen) atoms. The summed E-state index contributed by atoms with van der Waals surface area (Å²) in [7, 11) is 1.37. The number of hydrogen-bond donors (Lipinski definition) is 1. The van der Waals surface area contributed by atoms with E-state index in [1.54, 1.807) is 23.6 Å². The van der Waals surface area contributed by atoms with E-state index in [-0.39, 0.29) is 12.2 Å². The lowest BCUT2D eigenvalue weighted by Gasteiger charge is -2.13. The lowest BCUT2D eigenvalue weighted by molar-refractivity contribution is -0.136. The fraction of sp³-hybridized carbons (Fsp3) is 0.150. The second-order valence-corrected chi connectivity index (χ2v) is 6.36. The summed E-state index contributed by atoms with van der Waals surface area (Å²) in [5.74, 6) is -1.42. The molecule has 0 aliphatic rings. The van der Waals surface area contributed by atoms with E-state index in [2.05, 4.69) is 6.58 Å². The highest BCUT2D eigenvalue weighted by Gasteiger charge is 2.21. The van der Waals surface area contributed by atoms with Crippen molar-refractivity contribution in [2.45, 2.75) is 13.3 Å². The molecule has 0 spiro atoms. The van der Waals surface area contributed by atoms with Gasteiger partial charge < -0.3 is 14.4 Å². The van der Waals surface area contributed by atoms with E-state index in [4.69, 9.17) is 16.3 Å². The molecule has 3 rings (SSSR count). The quantitative estimate of drug-likeness (QED) is 0.692. The van der Waals surface area contributed by atoms with Crippen molar-refractivity contribution in [3.8, 4) is 5.75 Å². The van der Waals surface area contributed by atoms with Gasteiger partial charge in [-0.25, -0.2) is 4.39 Å². The third kappa shape index (κ3) is 3.06. The number of nitrogens with zero attached hydrogens (tertiary/aromatic N) is 1. The van der Waals surface area contributed by atoms with Crippen molar-refractivity contribution >= 4 is 34.2 Å². The molecule has 1 N–H and O–H groups in total. The molecule has 0 amide bonds. The van der Waals surface area contributed by atoms with Gasteiger partial charge in [0.1, 0.15) is 0 Å². The standard InChI is InChI=1S/C20H17ClFNO3/c1-11(13-4-6-14(21)7-5-13)23-12(2)15(9-20(24)25)16-8-19(26-3)17(22)10-18(16)23/h4-8,10H,1,9H2,2-3H3,(H,24,25). The maximum atomic E-state index is 14.3. The van der Waals surface area contributed by atoms with Gasteiger partial charge in [-0.05, 0) is 36.2 Å². The Labute approximate surface area is 155 Å². The maximum Gasteiger partial charge on any atom is 0.307 e. The first-order chi connectivity index (χ1) is 12.3. The minimum Gasteiger partial charge on any atom is -0.494 e. The Balaban J connectivity index is 2.28. The number of rotatable bonds is 5. The summed E-state index contributed by atoms with van der Waals surface area (Å²) < 4.78 is 21.1. The maximum absolute atomic E-state index is 14.3. The Morgan fingerprint density at radius 2 is 1.96 bits per heavy atom. The minimum absolute atomic E-state index is 0.0680. The molecule has 134 valence electrons. The van der Waals surface area contributed by atoms with Crippen molar-refractivity contribution < 1.29 is 19.0 Å². The van der Waals surface area contributed by atoms with Gasteiger partial charge in [-0.3, -0.25) is 4.79 Å². The number of fused-ring (bicyclic) bond motifs is 1. The number of carbonyl (C=O) groups is 1. The van der Waals surface area contributed by atoms with E-state index in [1.165, 1.54) is 19.2 Å². The summed E-state index contributed by atoms with van der Waals surface area (Å²) in [6.07, 6.45) is -0.183. The van der Waals surface area contributed by atoms with Crippen LogP contribution in [-0.2, 0) is 11.2 Å². The SMILES string of the molecule is C=C(c1ccc(Cl)cc1)n1c(C)c(CC(=O)O)c2cc(OC)c(F)cc21. The van der Waals surface area contributed by atoms with Crippen LogP contribution in [0.15, 0.2) is 43.0 Å². The molecule has 0 saturated carbocycles. The highest BCUT2D eigenvalue weighted by Crippen LogP contribution is 2.35. The average Bonchev–Trinajstić information content (AvgIpc) is 2.85. The molecule has 0 fully saturated rings. The number of aromatic nitrogens is 1. The fourth-order valence-corrected chi connectivity index (χ4v) is 3.26. The lowest BCUT2D eigenvalue weighted by atomic mass is 10.1. The average molecular weight is 374 g/mol. The van der Waals surface area contributed by atoms with Gasteiger partial charge in [0.15, 0.2) is 11.6 Å². The van der Waals surface area contributed by atoms with Crippen LogP contribution in [0.2, 0.25) is 5.02 Å². The zero-order valence-electron chi connectivity index (χ0n) is 14.3. The summed E-state index contributed by atoms with van der Waals surface area (Å²) >= 11 is 5.94.